The fourth-order valence-electron chi connectivity index (χ4n) is 6.11. The number of hydrogen-bond donors (Lipinski definition) is 0. The Balaban J connectivity index is 4.46. The molecule has 0 saturated heterocycles. The number of esters is 2. The fourth-order valence-corrected chi connectivity index (χ4v) is 6.11. The number of allylic oxidation sites excluding steroid dienone is 16. The first kappa shape index (κ1) is 56.2. The zero-order valence-corrected chi connectivity index (χ0v) is 38.6. The Labute approximate surface area is 366 Å². The maximum Gasteiger partial charge on any atom is 0.306 e. The molecular formula is C52H85NO7. The molecule has 0 rings (SSSR count). The number of rotatable bonds is 40. The lowest BCUT2D eigenvalue weighted by Gasteiger charge is -2.34. The van der Waals surface area contributed by atoms with Gasteiger partial charge in [0.05, 0.1) is 40.3 Å². The second-order valence-corrected chi connectivity index (χ2v) is 16.3. The second kappa shape index (κ2) is 42.0. The number of carbonyl (C=O) groups excluding carboxylic acids is 3. The molecule has 8 heteroatoms. The van der Waals surface area contributed by atoms with Crippen molar-refractivity contribution in [2.45, 2.75) is 174 Å². The van der Waals surface area contributed by atoms with Crippen molar-refractivity contribution in [2.24, 2.45) is 0 Å². The molecule has 0 aromatic heterocycles. The van der Waals surface area contributed by atoms with Crippen LogP contribution in [0, 0.1) is 0 Å². The SMILES string of the molecule is CC/C=C/C/C=C/C/C=C/C/C=C/C/C=C/C/C=C/C/C=C/CCCC(=O)OC(COCCC(C(=O)[O-])[N+](C)(C)C)COC(=O)CCCCC/C=C/CCCCCCCC. The molecule has 0 N–H and O–H groups in total. The van der Waals surface area contributed by atoms with Gasteiger partial charge in [-0.05, 0) is 89.9 Å². The molecule has 0 aromatic carbocycles. The van der Waals surface area contributed by atoms with Crippen molar-refractivity contribution in [3.63, 3.8) is 0 Å². The van der Waals surface area contributed by atoms with E-state index in [-0.39, 0.29) is 49.1 Å². The highest BCUT2D eigenvalue weighted by Gasteiger charge is 2.25. The molecule has 60 heavy (non-hydrogen) atoms. The third-order valence-corrected chi connectivity index (χ3v) is 9.70. The molecule has 0 spiro atoms. The van der Waals surface area contributed by atoms with Gasteiger partial charge in [-0.15, -0.1) is 0 Å². The Morgan fingerprint density at radius 2 is 0.950 bits per heavy atom. The smallest absolute Gasteiger partial charge is 0.306 e. The normalized spacial score (nSPS) is 13.8. The van der Waals surface area contributed by atoms with Crippen LogP contribution in [0.2, 0.25) is 0 Å². The lowest BCUT2D eigenvalue weighted by Crippen LogP contribution is -2.55. The van der Waals surface area contributed by atoms with Gasteiger partial charge in [0.2, 0.25) is 0 Å². The summed E-state index contributed by atoms with van der Waals surface area (Å²) in [7, 11) is 5.37. The molecule has 0 heterocycles. The Morgan fingerprint density at radius 1 is 0.517 bits per heavy atom. The zero-order valence-electron chi connectivity index (χ0n) is 38.6. The third-order valence-electron chi connectivity index (χ3n) is 9.70. The number of aliphatic carboxylic acids is 1. The van der Waals surface area contributed by atoms with E-state index in [1.165, 1.54) is 38.5 Å². The fraction of sp³-hybridized carbons (Fsp3) is 0.635. The van der Waals surface area contributed by atoms with E-state index in [1.54, 1.807) is 21.1 Å². The van der Waals surface area contributed by atoms with E-state index < -0.39 is 18.1 Å². The molecular weight excluding hydrogens is 751 g/mol. The summed E-state index contributed by atoms with van der Waals surface area (Å²) in [6.07, 6.45) is 55.9. The van der Waals surface area contributed by atoms with Gasteiger partial charge in [-0.2, -0.15) is 0 Å². The minimum absolute atomic E-state index is 0.00681. The largest absolute Gasteiger partial charge is 0.544 e. The standard InChI is InChI=1S/C52H85NO7/c1-6-8-10-12-14-16-18-20-21-22-23-24-25-26-27-28-29-31-33-35-37-39-41-43-51(55)60-48(46-58-45-44-49(52(56)57)53(3,4)5)47-59-50(54)42-40-38-36-34-32-30-19-17-15-13-11-9-7-2/h8,10,14,16,20-21,23-24,26-27,29-32,35,37,48-49H,6-7,9,11-13,15,17-19,22,25,28,33-34,36,38-47H2,1-5H3/b10-8+,16-14+,21-20+,24-23+,27-26+,31-29+,32-30+,37-35+. The minimum atomic E-state index is -1.14. The number of nitrogens with zero attached hydrogens (tertiary/aromatic N) is 1. The molecule has 2 unspecified atom stereocenters. The Kier molecular flexibility index (Phi) is 39.3. The average molecular weight is 836 g/mol. The highest BCUT2D eigenvalue weighted by atomic mass is 16.6. The van der Waals surface area contributed by atoms with Crippen molar-refractivity contribution in [2.75, 3.05) is 41.0 Å². The summed E-state index contributed by atoms with van der Waals surface area (Å²) in [6, 6.07) is -0.743. The van der Waals surface area contributed by atoms with E-state index in [9.17, 15) is 19.5 Å². The van der Waals surface area contributed by atoms with Crippen LogP contribution in [-0.4, -0.2) is 75.5 Å². The quantitative estimate of drug-likeness (QED) is 0.0262. The van der Waals surface area contributed by atoms with Crippen molar-refractivity contribution in [1.29, 1.82) is 0 Å². The first-order valence-corrected chi connectivity index (χ1v) is 23.3. The lowest BCUT2D eigenvalue weighted by molar-refractivity contribution is -0.889. The van der Waals surface area contributed by atoms with Gasteiger partial charge < -0.3 is 28.6 Å². The van der Waals surface area contributed by atoms with Gasteiger partial charge in [0.1, 0.15) is 12.6 Å². The van der Waals surface area contributed by atoms with Gasteiger partial charge >= 0.3 is 11.9 Å². The summed E-state index contributed by atoms with van der Waals surface area (Å²) in [6.45, 7) is 4.44. The maximum atomic E-state index is 12.7. The number of hydrogen-bond acceptors (Lipinski definition) is 7. The molecule has 0 aliphatic carbocycles. The highest BCUT2D eigenvalue weighted by molar-refractivity contribution is 5.70. The van der Waals surface area contributed by atoms with E-state index >= 15 is 0 Å². The summed E-state index contributed by atoms with van der Waals surface area (Å²) in [4.78, 5) is 36.9. The number of unbranched alkanes of at least 4 members (excludes halogenated alkanes) is 10. The molecule has 8 nitrogen and oxygen atoms in total. The van der Waals surface area contributed by atoms with E-state index in [0.29, 0.717) is 12.8 Å². The zero-order chi connectivity index (χ0) is 44.2. The third kappa shape index (κ3) is 39.7. The molecule has 0 radical (unpaired) electrons. The Bertz CT molecular complexity index is 1300. The first-order chi connectivity index (χ1) is 29.1. The molecule has 0 saturated carbocycles. The minimum Gasteiger partial charge on any atom is -0.544 e. The first-order valence-electron chi connectivity index (χ1n) is 23.3. The number of ether oxygens (including phenoxy) is 3. The van der Waals surface area contributed by atoms with Crippen LogP contribution in [0.4, 0.5) is 0 Å². The summed E-state index contributed by atoms with van der Waals surface area (Å²) in [5.74, 6) is -1.85. The number of carbonyl (C=O) groups is 3. The van der Waals surface area contributed by atoms with Gasteiger partial charge in [0.15, 0.2) is 6.10 Å². The van der Waals surface area contributed by atoms with Crippen LogP contribution >= 0.6 is 0 Å². The predicted molar refractivity (Wildman–Crippen MR) is 249 cm³/mol. The van der Waals surface area contributed by atoms with E-state index in [0.717, 1.165) is 83.5 Å². The van der Waals surface area contributed by atoms with Crippen molar-refractivity contribution in [1.82, 2.24) is 0 Å². The summed E-state index contributed by atoms with van der Waals surface area (Å²) in [5.41, 5.74) is 0. The number of likely N-dealkylation sites (N-methyl/N-ethyl adjacent to an activating group) is 1. The molecule has 0 aliphatic rings. The summed E-state index contributed by atoms with van der Waals surface area (Å²) < 4.78 is 17.1. The van der Waals surface area contributed by atoms with Crippen LogP contribution in [0.1, 0.15) is 162 Å². The summed E-state index contributed by atoms with van der Waals surface area (Å²) in [5, 5.41) is 11.6. The molecule has 0 aromatic rings. The Morgan fingerprint density at radius 3 is 1.45 bits per heavy atom. The number of carboxylic acid groups (broad SMARTS) is 1. The van der Waals surface area contributed by atoms with Gasteiger partial charge in [0.25, 0.3) is 0 Å². The molecule has 0 fully saturated rings. The Hall–Kier alpha value is -3.75. The van der Waals surface area contributed by atoms with Crippen LogP contribution in [0.3, 0.4) is 0 Å². The van der Waals surface area contributed by atoms with Crippen molar-refractivity contribution in [3.05, 3.63) is 97.2 Å². The topological polar surface area (TPSA) is 102 Å². The van der Waals surface area contributed by atoms with Crippen LogP contribution in [0.25, 0.3) is 0 Å². The van der Waals surface area contributed by atoms with Crippen LogP contribution in [-0.2, 0) is 28.6 Å². The molecule has 0 bridgehead atoms. The van der Waals surface area contributed by atoms with Crippen LogP contribution < -0.4 is 5.11 Å². The monoisotopic (exact) mass is 836 g/mol. The molecule has 340 valence electrons. The number of quaternary nitrogens is 1. The van der Waals surface area contributed by atoms with Gasteiger partial charge in [-0.1, -0.05) is 150 Å². The molecule has 0 aliphatic heterocycles. The maximum absolute atomic E-state index is 12.7. The van der Waals surface area contributed by atoms with E-state index in [1.807, 2.05) is 0 Å². The number of carboxylic acids is 1. The molecule has 2 atom stereocenters. The summed E-state index contributed by atoms with van der Waals surface area (Å²) >= 11 is 0. The van der Waals surface area contributed by atoms with Crippen molar-refractivity contribution in [3.8, 4) is 0 Å². The average Bonchev–Trinajstić information content (AvgIpc) is 3.21. The van der Waals surface area contributed by atoms with E-state index in [2.05, 4.69) is 111 Å². The van der Waals surface area contributed by atoms with Crippen LogP contribution in [0.5, 0.6) is 0 Å². The lowest BCUT2D eigenvalue weighted by atomic mass is 10.1. The van der Waals surface area contributed by atoms with Crippen molar-refractivity contribution >= 4 is 17.9 Å². The van der Waals surface area contributed by atoms with E-state index in [4.69, 9.17) is 14.2 Å². The molecule has 0 amide bonds. The van der Waals surface area contributed by atoms with Gasteiger partial charge in [-0.25, -0.2) is 0 Å². The van der Waals surface area contributed by atoms with Crippen LogP contribution in [0.15, 0.2) is 97.2 Å². The van der Waals surface area contributed by atoms with Gasteiger partial charge in [0, 0.05) is 19.3 Å². The van der Waals surface area contributed by atoms with Crippen molar-refractivity contribution < 1.29 is 38.2 Å². The highest BCUT2D eigenvalue weighted by Crippen LogP contribution is 2.11. The second-order valence-electron chi connectivity index (χ2n) is 16.3. The predicted octanol–water partition coefficient (Wildman–Crippen LogP) is 11.7. The van der Waals surface area contributed by atoms with Gasteiger partial charge in [-0.3, -0.25) is 9.59 Å².